The molecule has 1 aromatic heterocycles. The van der Waals surface area contributed by atoms with Gasteiger partial charge in [0, 0.05) is 11.0 Å². The summed E-state index contributed by atoms with van der Waals surface area (Å²) in [6.45, 7) is 4.66. The highest BCUT2D eigenvalue weighted by Gasteiger charge is 2.12. The molecule has 19 heavy (non-hydrogen) atoms. The van der Waals surface area contributed by atoms with Crippen LogP contribution in [0, 0.1) is 18.6 Å². The number of benzene rings is 1. The zero-order valence-electron chi connectivity index (χ0n) is 10.6. The summed E-state index contributed by atoms with van der Waals surface area (Å²) >= 11 is 3.10. The Kier molecular flexibility index (Phi) is 4.19. The molecule has 3 nitrogen and oxygen atoms in total. The van der Waals surface area contributed by atoms with Crippen LogP contribution in [0.5, 0.6) is 5.75 Å². The SMILES string of the molecule is CCn1nc(C)cc1COc1cc(Br)cc(F)c1F. The van der Waals surface area contributed by atoms with Gasteiger partial charge in [0.15, 0.2) is 11.6 Å². The van der Waals surface area contributed by atoms with Crippen molar-refractivity contribution in [2.24, 2.45) is 0 Å². The Morgan fingerprint density at radius 2 is 2.05 bits per heavy atom. The smallest absolute Gasteiger partial charge is 0.200 e. The maximum absolute atomic E-state index is 13.5. The highest BCUT2D eigenvalue weighted by atomic mass is 79.9. The molecule has 1 heterocycles. The highest BCUT2D eigenvalue weighted by molar-refractivity contribution is 9.10. The lowest BCUT2D eigenvalue weighted by Crippen LogP contribution is -2.07. The summed E-state index contributed by atoms with van der Waals surface area (Å²) in [6.07, 6.45) is 0. The van der Waals surface area contributed by atoms with Crippen molar-refractivity contribution >= 4 is 15.9 Å². The monoisotopic (exact) mass is 330 g/mol. The third-order valence-electron chi connectivity index (χ3n) is 2.62. The van der Waals surface area contributed by atoms with Crippen molar-refractivity contribution in [1.29, 1.82) is 0 Å². The summed E-state index contributed by atoms with van der Waals surface area (Å²) in [7, 11) is 0. The zero-order valence-corrected chi connectivity index (χ0v) is 12.2. The molecule has 0 saturated carbocycles. The summed E-state index contributed by atoms with van der Waals surface area (Å²) in [5.74, 6) is -2.04. The van der Waals surface area contributed by atoms with Crippen molar-refractivity contribution in [3.05, 3.63) is 45.7 Å². The molecule has 0 atom stereocenters. The average Bonchev–Trinajstić information content (AvgIpc) is 2.72. The van der Waals surface area contributed by atoms with Crippen LogP contribution >= 0.6 is 15.9 Å². The lowest BCUT2D eigenvalue weighted by Gasteiger charge is -2.09. The lowest BCUT2D eigenvalue weighted by atomic mass is 10.3. The second kappa shape index (κ2) is 5.69. The molecule has 0 aliphatic rings. The van der Waals surface area contributed by atoms with Gasteiger partial charge in [-0.1, -0.05) is 15.9 Å². The van der Waals surface area contributed by atoms with Crippen LogP contribution in [0.1, 0.15) is 18.3 Å². The van der Waals surface area contributed by atoms with E-state index < -0.39 is 11.6 Å². The molecule has 2 aromatic rings. The normalized spacial score (nSPS) is 10.8. The molecule has 6 heteroatoms. The number of aryl methyl sites for hydroxylation is 2. The highest BCUT2D eigenvalue weighted by Crippen LogP contribution is 2.26. The van der Waals surface area contributed by atoms with E-state index in [1.54, 1.807) is 4.68 Å². The maximum atomic E-state index is 13.5. The number of aromatic nitrogens is 2. The van der Waals surface area contributed by atoms with E-state index in [9.17, 15) is 8.78 Å². The van der Waals surface area contributed by atoms with Gasteiger partial charge >= 0.3 is 0 Å². The first-order chi connectivity index (χ1) is 9.01. The fraction of sp³-hybridized carbons (Fsp3) is 0.308. The minimum Gasteiger partial charge on any atom is -0.484 e. The van der Waals surface area contributed by atoms with E-state index in [-0.39, 0.29) is 12.4 Å². The molecule has 0 unspecified atom stereocenters. The van der Waals surface area contributed by atoms with Crippen LogP contribution in [0.3, 0.4) is 0 Å². The van der Waals surface area contributed by atoms with Crippen LogP contribution < -0.4 is 4.74 Å². The van der Waals surface area contributed by atoms with Gasteiger partial charge in [0.2, 0.25) is 5.82 Å². The fourth-order valence-corrected chi connectivity index (χ4v) is 2.19. The van der Waals surface area contributed by atoms with E-state index in [0.717, 1.165) is 17.5 Å². The first-order valence-corrected chi connectivity index (χ1v) is 6.61. The number of nitrogens with zero attached hydrogens (tertiary/aromatic N) is 2. The second-order valence-electron chi connectivity index (χ2n) is 4.08. The Bertz CT molecular complexity index is 599. The zero-order chi connectivity index (χ0) is 14.0. The number of hydrogen-bond donors (Lipinski definition) is 0. The minimum atomic E-state index is -0.984. The number of rotatable bonds is 4. The Labute approximate surface area is 118 Å². The van der Waals surface area contributed by atoms with Gasteiger partial charge in [0.1, 0.15) is 6.61 Å². The number of ether oxygens (including phenoxy) is 1. The molecular formula is C13H13BrF2N2O. The van der Waals surface area contributed by atoms with E-state index in [4.69, 9.17) is 4.74 Å². The number of halogens is 3. The molecule has 0 N–H and O–H groups in total. The van der Waals surface area contributed by atoms with Gasteiger partial charge in [-0.3, -0.25) is 4.68 Å². The van der Waals surface area contributed by atoms with Crippen LogP contribution in [0.15, 0.2) is 22.7 Å². The predicted molar refractivity (Wildman–Crippen MR) is 71.0 cm³/mol. The van der Waals surface area contributed by atoms with Crippen molar-refractivity contribution in [2.45, 2.75) is 27.0 Å². The summed E-state index contributed by atoms with van der Waals surface area (Å²) in [6, 6.07) is 4.32. The quantitative estimate of drug-likeness (QED) is 0.796. The van der Waals surface area contributed by atoms with Crippen molar-refractivity contribution in [3.63, 3.8) is 0 Å². The van der Waals surface area contributed by atoms with Gasteiger partial charge in [-0.2, -0.15) is 9.49 Å². The summed E-state index contributed by atoms with van der Waals surface area (Å²) in [5.41, 5.74) is 1.68. The Balaban J connectivity index is 2.18. The van der Waals surface area contributed by atoms with Crippen molar-refractivity contribution in [2.75, 3.05) is 0 Å². The van der Waals surface area contributed by atoms with Crippen LogP contribution in [0.25, 0.3) is 0 Å². The van der Waals surface area contributed by atoms with Gasteiger partial charge in [0.05, 0.1) is 11.4 Å². The Morgan fingerprint density at radius 1 is 1.32 bits per heavy atom. The van der Waals surface area contributed by atoms with Crippen LogP contribution in [-0.4, -0.2) is 9.78 Å². The molecule has 0 aliphatic carbocycles. The van der Waals surface area contributed by atoms with E-state index in [1.165, 1.54) is 6.07 Å². The summed E-state index contributed by atoms with van der Waals surface area (Å²) < 4.78 is 34.3. The summed E-state index contributed by atoms with van der Waals surface area (Å²) in [5, 5.41) is 4.26. The number of hydrogen-bond acceptors (Lipinski definition) is 2. The molecular weight excluding hydrogens is 318 g/mol. The molecule has 102 valence electrons. The van der Waals surface area contributed by atoms with Crippen LogP contribution in [0.2, 0.25) is 0 Å². The van der Waals surface area contributed by atoms with Gasteiger partial charge in [-0.15, -0.1) is 0 Å². The predicted octanol–water partition coefficient (Wildman–Crippen LogP) is 3.83. The van der Waals surface area contributed by atoms with Gasteiger partial charge in [-0.05, 0) is 32.0 Å². The molecule has 0 amide bonds. The van der Waals surface area contributed by atoms with E-state index in [2.05, 4.69) is 21.0 Å². The molecule has 0 radical (unpaired) electrons. The standard InChI is InChI=1S/C13H13BrF2N2O/c1-3-18-10(4-8(2)17-18)7-19-12-6-9(14)5-11(15)13(12)16/h4-6H,3,7H2,1-2H3. The minimum absolute atomic E-state index is 0.117. The molecule has 0 bridgehead atoms. The third kappa shape index (κ3) is 3.12. The Morgan fingerprint density at radius 3 is 2.74 bits per heavy atom. The topological polar surface area (TPSA) is 27.1 Å². The Hall–Kier alpha value is -1.43. The largest absolute Gasteiger partial charge is 0.484 e. The van der Waals surface area contributed by atoms with Crippen molar-refractivity contribution in [1.82, 2.24) is 9.78 Å². The third-order valence-corrected chi connectivity index (χ3v) is 3.08. The average molecular weight is 331 g/mol. The molecule has 0 fully saturated rings. The first-order valence-electron chi connectivity index (χ1n) is 5.82. The van der Waals surface area contributed by atoms with E-state index in [1.807, 2.05) is 19.9 Å². The second-order valence-corrected chi connectivity index (χ2v) is 5.00. The van der Waals surface area contributed by atoms with E-state index >= 15 is 0 Å². The van der Waals surface area contributed by atoms with Gasteiger partial charge in [-0.25, -0.2) is 4.39 Å². The van der Waals surface area contributed by atoms with Gasteiger partial charge in [0.25, 0.3) is 0 Å². The van der Waals surface area contributed by atoms with Gasteiger partial charge < -0.3 is 4.74 Å². The van der Waals surface area contributed by atoms with E-state index in [0.29, 0.717) is 11.0 Å². The molecule has 0 saturated heterocycles. The molecule has 1 aromatic carbocycles. The molecule has 0 aliphatic heterocycles. The lowest BCUT2D eigenvalue weighted by molar-refractivity contribution is 0.273. The summed E-state index contributed by atoms with van der Waals surface area (Å²) in [4.78, 5) is 0. The molecule has 2 rings (SSSR count). The van der Waals surface area contributed by atoms with Crippen LogP contribution in [0.4, 0.5) is 8.78 Å². The molecule has 0 spiro atoms. The van der Waals surface area contributed by atoms with Crippen molar-refractivity contribution < 1.29 is 13.5 Å². The van der Waals surface area contributed by atoms with Crippen molar-refractivity contribution in [3.8, 4) is 5.75 Å². The maximum Gasteiger partial charge on any atom is 0.200 e. The first kappa shape index (κ1) is 14.0. The fourth-order valence-electron chi connectivity index (χ4n) is 1.78. The van der Waals surface area contributed by atoms with Crippen LogP contribution in [-0.2, 0) is 13.2 Å².